The minimum atomic E-state index is -1.62. The zero-order valence-electron chi connectivity index (χ0n) is 10.9. The van der Waals surface area contributed by atoms with Gasteiger partial charge in [0.25, 0.3) is 11.1 Å². The lowest BCUT2D eigenvalue weighted by molar-refractivity contribution is -0.681. The van der Waals surface area contributed by atoms with E-state index < -0.39 is 20.9 Å². The SMILES string of the molecule is C=CCCC(C)([N+](=O)[O-])C(C)(CCC=C)[N+](=O)[O-]. The van der Waals surface area contributed by atoms with Crippen LogP contribution < -0.4 is 0 Å². The Morgan fingerprint density at radius 3 is 1.39 bits per heavy atom. The van der Waals surface area contributed by atoms with Crippen LogP contribution in [0.15, 0.2) is 25.3 Å². The van der Waals surface area contributed by atoms with Crippen molar-refractivity contribution in [1.82, 2.24) is 0 Å². The van der Waals surface area contributed by atoms with Crippen molar-refractivity contribution in [2.24, 2.45) is 0 Å². The molecule has 102 valence electrons. The number of rotatable bonds is 9. The normalized spacial score (nSPS) is 17.2. The highest BCUT2D eigenvalue weighted by Gasteiger charge is 2.63. The van der Waals surface area contributed by atoms with E-state index in [1.807, 2.05) is 0 Å². The highest BCUT2D eigenvalue weighted by atomic mass is 16.6. The van der Waals surface area contributed by atoms with Crippen LogP contribution in [-0.4, -0.2) is 20.9 Å². The highest BCUT2D eigenvalue weighted by Crippen LogP contribution is 2.36. The molecular formula is C12H20N2O4. The lowest BCUT2D eigenvalue weighted by Gasteiger charge is -2.32. The molecule has 2 unspecified atom stereocenters. The standard InChI is InChI=1S/C12H20N2O4/c1-5-7-9-11(3,13(15)16)12(4,14(17)18)10-8-6-2/h5-6H,1-2,7-10H2,3-4H3. The maximum Gasteiger partial charge on any atom is 0.287 e. The molecule has 0 aromatic carbocycles. The monoisotopic (exact) mass is 256 g/mol. The molecule has 6 heteroatoms. The van der Waals surface area contributed by atoms with Crippen molar-refractivity contribution in [3.63, 3.8) is 0 Å². The smallest absolute Gasteiger partial charge is 0.264 e. The van der Waals surface area contributed by atoms with Crippen LogP contribution in [0.25, 0.3) is 0 Å². The van der Waals surface area contributed by atoms with E-state index >= 15 is 0 Å². The van der Waals surface area contributed by atoms with Crippen LogP contribution in [0.1, 0.15) is 39.5 Å². The zero-order valence-corrected chi connectivity index (χ0v) is 10.9. The Labute approximate surface area is 107 Å². The van der Waals surface area contributed by atoms with Gasteiger partial charge in [-0.05, 0) is 12.8 Å². The average molecular weight is 256 g/mol. The van der Waals surface area contributed by atoms with Gasteiger partial charge in [-0.15, -0.1) is 13.2 Å². The Bertz CT molecular complexity index is 322. The van der Waals surface area contributed by atoms with Gasteiger partial charge in [-0.3, -0.25) is 20.2 Å². The van der Waals surface area contributed by atoms with E-state index in [2.05, 4.69) is 13.2 Å². The van der Waals surface area contributed by atoms with Crippen molar-refractivity contribution in [2.75, 3.05) is 0 Å². The molecule has 0 N–H and O–H groups in total. The summed E-state index contributed by atoms with van der Waals surface area (Å²) in [5.74, 6) is 0. The van der Waals surface area contributed by atoms with E-state index in [1.165, 1.54) is 26.0 Å². The van der Waals surface area contributed by atoms with Gasteiger partial charge >= 0.3 is 0 Å². The Morgan fingerprint density at radius 1 is 0.944 bits per heavy atom. The zero-order chi connectivity index (χ0) is 14.4. The van der Waals surface area contributed by atoms with Crippen LogP contribution in [-0.2, 0) is 0 Å². The molecule has 18 heavy (non-hydrogen) atoms. The molecular weight excluding hydrogens is 236 g/mol. The fraction of sp³-hybridized carbons (Fsp3) is 0.667. The second-order valence-corrected chi connectivity index (χ2v) is 4.72. The van der Waals surface area contributed by atoms with Crippen LogP contribution in [0, 0.1) is 20.2 Å². The van der Waals surface area contributed by atoms with E-state index in [-0.39, 0.29) is 12.8 Å². The lowest BCUT2D eigenvalue weighted by atomic mass is 9.74. The van der Waals surface area contributed by atoms with Crippen molar-refractivity contribution in [1.29, 1.82) is 0 Å². The van der Waals surface area contributed by atoms with E-state index in [4.69, 9.17) is 0 Å². The molecule has 0 aliphatic rings. The maximum atomic E-state index is 11.3. The summed E-state index contributed by atoms with van der Waals surface area (Å²) in [4.78, 5) is 21.5. The summed E-state index contributed by atoms with van der Waals surface area (Å²) >= 11 is 0. The van der Waals surface area contributed by atoms with Crippen molar-refractivity contribution in [2.45, 2.75) is 50.6 Å². The van der Waals surface area contributed by atoms with Gasteiger partial charge in [-0.25, -0.2) is 0 Å². The summed E-state index contributed by atoms with van der Waals surface area (Å²) in [5.41, 5.74) is -3.23. The summed E-state index contributed by atoms with van der Waals surface area (Å²) in [6.45, 7) is 9.68. The summed E-state index contributed by atoms with van der Waals surface area (Å²) in [7, 11) is 0. The molecule has 0 aromatic heterocycles. The summed E-state index contributed by atoms with van der Waals surface area (Å²) in [5, 5.41) is 22.6. The molecule has 0 aliphatic heterocycles. The number of hydrogen-bond donors (Lipinski definition) is 0. The Morgan fingerprint density at radius 2 is 1.22 bits per heavy atom. The molecule has 0 aromatic rings. The van der Waals surface area contributed by atoms with E-state index in [0.717, 1.165) is 0 Å². The van der Waals surface area contributed by atoms with E-state index in [9.17, 15) is 20.2 Å². The molecule has 0 amide bonds. The lowest BCUT2D eigenvalue weighted by Crippen LogP contribution is -2.59. The Balaban J connectivity index is 5.47. The predicted molar refractivity (Wildman–Crippen MR) is 69.7 cm³/mol. The maximum absolute atomic E-state index is 11.3. The number of nitrogens with zero attached hydrogens (tertiary/aromatic N) is 2. The van der Waals surface area contributed by atoms with Gasteiger partial charge < -0.3 is 0 Å². The molecule has 0 fully saturated rings. The molecule has 0 spiro atoms. The van der Waals surface area contributed by atoms with Crippen LogP contribution in [0.3, 0.4) is 0 Å². The largest absolute Gasteiger partial charge is 0.287 e. The third kappa shape index (κ3) is 2.94. The minimum Gasteiger partial charge on any atom is -0.264 e. The van der Waals surface area contributed by atoms with Crippen molar-refractivity contribution in [3.05, 3.63) is 45.5 Å². The van der Waals surface area contributed by atoms with E-state index in [0.29, 0.717) is 12.8 Å². The topological polar surface area (TPSA) is 86.3 Å². The van der Waals surface area contributed by atoms with Gasteiger partial charge in [0.1, 0.15) is 0 Å². The highest BCUT2D eigenvalue weighted by molar-refractivity contribution is 4.97. The summed E-state index contributed by atoms with van der Waals surface area (Å²) in [6.07, 6.45) is 4.01. The first-order valence-electron chi connectivity index (χ1n) is 5.77. The molecule has 0 radical (unpaired) electrons. The number of hydrogen-bond acceptors (Lipinski definition) is 4. The van der Waals surface area contributed by atoms with Crippen molar-refractivity contribution >= 4 is 0 Å². The van der Waals surface area contributed by atoms with E-state index in [1.54, 1.807) is 0 Å². The fourth-order valence-electron chi connectivity index (χ4n) is 1.88. The van der Waals surface area contributed by atoms with Crippen LogP contribution in [0.4, 0.5) is 0 Å². The van der Waals surface area contributed by atoms with Crippen LogP contribution in [0.2, 0.25) is 0 Å². The molecule has 0 bridgehead atoms. The third-order valence-electron chi connectivity index (χ3n) is 3.64. The Kier molecular flexibility index (Phi) is 5.68. The molecule has 0 aliphatic carbocycles. The van der Waals surface area contributed by atoms with Gasteiger partial charge in [0.2, 0.25) is 0 Å². The first-order chi connectivity index (χ1) is 8.26. The first-order valence-corrected chi connectivity index (χ1v) is 5.77. The predicted octanol–water partition coefficient (Wildman–Crippen LogP) is 2.99. The number of nitro groups is 2. The first kappa shape index (κ1) is 16.3. The molecule has 0 saturated heterocycles. The summed E-state index contributed by atoms with van der Waals surface area (Å²) in [6, 6.07) is 0. The molecule has 2 atom stereocenters. The van der Waals surface area contributed by atoms with Crippen LogP contribution in [0.5, 0.6) is 0 Å². The quantitative estimate of drug-likeness (QED) is 0.360. The molecule has 0 saturated carbocycles. The number of allylic oxidation sites excluding steroid dienone is 2. The second kappa shape index (κ2) is 6.28. The Hall–Kier alpha value is -1.72. The van der Waals surface area contributed by atoms with Crippen molar-refractivity contribution in [3.8, 4) is 0 Å². The second-order valence-electron chi connectivity index (χ2n) is 4.72. The van der Waals surface area contributed by atoms with Crippen LogP contribution >= 0.6 is 0 Å². The minimum absolute atomic E-state index is 0.0954. The molecule has 0 rings (SSSR count). The van der Waals surface area contributed by atoms with Crippen molar-refractivity contribution < 1.29 is 9.85 Å². The third-order valence-corrected chi connectivity index (χ3v) is 3.64. The van der Waals surface area contributed by atoms with Gasteiger partial charge in [0.05, 0.1) is 0 Å². The van der Waals surface area contributed by atoms with Gasteiger partial charge in [-0.1, -0.05) is 12.2 Å². The average Bonchev–Trinajstić information content (AvgIpc) is 2.32. The van der Waals surface area contributed by atoms with Gasteiger partial charge in [0, 0.05) is 36.5 Å². The fourth-order valence-corrected chi connectivity index (χ4v) is 1.88. The molecule has 0 heterocycles. The summed E-state index contributed by atoms with van der Waals surface area (Å²) < 4.78 is 0. The van der Waals surface area contributed by atoms with Gasteiger partial charge in [0.15, 0.2) is 0 Å². The molecule has 6 nitrogen and oxygen atoms in total. The van der Waals surface area contributed by atoms with Gasteiger partial charge in [-0.2, -0.15) is 0 Å².